The first-order valence-electron chi connectivity index (χ1n) is 7.17. The van der Waals surface area contributed by atoms with Gasteiger partial charge in [-0.25, -0.2) is 0 Å². The van der Waals surface area contributed by atoms with Crippen LogP contribution < -0.4 is 14.8 Å². The van der Waals surface area contributed by atoms with Crippen LogP contribution in [0.1, 0.15) is 37.3 Å². The highest BCUT2D eigenvalue weighted by Crippen LogP contribution is 2.48. The summed E-state index contributed by atoms with van der Waals surface area (Å²) in [4.78, 5) is 0. The van der Waals surface area contributed by atoms with Gasteiger partial charge in [-0.05, 0) is 32.4 Å². The van der Waals surface area contributed by atoms with Crippen LogP contribution in [0.4, 0.5) is 13.2 Å². The summed E-state index contributed by atoms with van der Waals surface area (Å²) < 4.78 is 50.5. The first-order chi connectivity index (χ1) is 9.92. The highest BCUT2D eigenvalue weighted by atomic mass is 19.4. The first-order valence-corrected chi connectivity index (χ1v) is 7.17. The molecule has 6 heteroatoms. The van der Waals surface area contributed by atoms with E-state index in [1.807, 2.05) is 6.92 Å². The summed E-state index contributed by atoms with van der Waals surface area (Å²) in [5, 5.41) is 3.36. The summed E-state index contributed by atoms with van der Waals surface area (Å²) in [6.45, 7) is 3.46. The van der Waals surface area contributed by atoms with Crippen molar-refractivity contribution < 1.29 is 22.6 Å². The van der Waals surface area contributed by atoms with E-state index in [4.69, 9.17) is 9.47 Å². The van der Waals surface area contributed by atoms with Gasteiger partial charge < -0.3 is 14.8 Å². The van der Waals surface area contributed by atoms with Crippen molar-refractivity contribution in [3.8, 4) is 11.5 Å². The monoisotopic (exact) mass is 301 g/mol. The molecule has 1 N–H and O–H groups in total. The average Bonchev–Trinajstić information content (AvgIpc) is 2.72. The molecule has 21 heavy (non-hydrogen) atoms. The van der Waals surface area contributed by atoms with Crippen molar-refractivity contribution in [1.82, 2.24) is 5.32 Å². The molecule has 0 amide bonds. The molecule has 0 saturated carbocycles. The molecule has 1 saturated heterocycles. The molecule has 1 fully saturated rings. The van der Waals surface area contributed by atoms with Gasteiger partial charge >= 0.3 is 6.18 Å². The topological polar surface area (TPSA) is 30.5 Å². The molecular formula is C15H18F3NO2. The van der Waals surface area contributed by atoms with Crippen LogP contribution in [0.5, 0.6) is 11.5 Å². The van der Waals surface area contributed by atoms with Gasteiger partial charge in [0.25, 0.3) is 0 Å². The van der Waals surface area contributed by atoms with E-state index in [9.17, 15) is 13.2 Å². The molecule has 0 radical (unpaired) electrons. The fourth-order valence-corrected chi connectivity index (χ4v) is 3.04. The molecule has 0 aliphatic carbocycles. The molecule has 0 spiro atoms. The third kappa shape index (κ3) is 2.57. The predicted octanol–water partition coefficient (Wildman–Crippen LogP) is 3.47. The zero-order valence-corrected chi connectivity index (χ0v) is 11.8. The molecule has 0 bridgehead atoms. The van der Waals surface area contributed by atoms with Crippen LogP contribution in [0.3, 0.4) is 0 Å². The Bertz CT molecular complexity index is 536. The maximum atomic E-state index is 13.2. The molecule has 3 nitrogen and oxygen atoms in total. The van der Waals surface area contributed by atoms with Gasteiger partial charge in [0.05, 0.1) is 13.2 Å². The van der Waals surface area contributed by atoms with Gasteiger partial charge in [0.1, 0.15) is 5.56 Å². The molecule has 1 aromatic carbocycles. The molecule has 1 unspecified atom stereocenters. The Labute approximate surface area is 121 Å². The summed E-state index contributed by atoms with van der Waals surface area (Å²) in [5.41, 5.74) is -0.364. The fourth-order valence-electron chi connectivity index (χ4n) is 3.04. The SMILES string of the molecule is CC1(c2ccc(C(F)(F)F)c3c2OCCCO3)CCCN1. The van der Waals surface area contributed by atoms with Gasteiger partial charge in [-0.3, -0.25) is 0 Å². The van der Waals surface area contributed by atoms with Gasteiger partial charge in [-0.1, -0.05) is 6.07 Å². The molecule has 2 heterocycles. The van der Waals surface area contributed by atoms with Gasteiger partial charge in [-0.2, -0.15) is 13.2 Å². The quantitative estimate of drug-likeness (QED) is 0.861. The maximum Gasteiger partial charge on any atom is 0.420 e. The first kappa shape index (κ1) is 14.5. The van der Waals surface area contributed by atoms with Crippen molar-refractivity contribution in [3.63, 3.8) is 0 Å². The number of nitrogens with one attached hydrogen (secondary N) is 1. The van der Waals surface area contributed by atoms with Gasteiger partial charge in [0.15, 0.2) is 11.5 Å². The minimum atomic E-state index is -4.44. The van der Waals surface area contributed by atoms with Crippen LogP contribution >= 0.6 is 0 Å². The largest absolute Gasteiger partial charge is 0.489 e. The Hall–Kier alpha value is -1.43. The number of rotatable bonds is 1. The van der Waals surface area contributed by atoms with Crippen molar-refractivity contribution >= 4 is 0 Å². The number of halogens is 3. The Morgan fingerprint density at radius 2 is 1.81 bits per heavy atom. The lowest BCUT2D eigenvalue weighted by molar-refractivity contribution is -0.139. The van der Waals surface area contributed by atoms with E-state index >= 15 is 0 Å². The van der Waals surface area contributed by atoms with E-state index in [1.165, 1.54) is 6.07 Å². The number of ether oxygens (including phenoxy) is 2. The number of alkyl halides is 3. The minimum absolute atomic E-state index is 0.160. The second-order valence-electron chi connectivity index (χ2n) is 5.73. The van der Waals surface area contributed by atoms with Crippen LogP contribution in [0.25, 0.3) is 0 Å². The maximum absolute atomic E-state index is 13.2. The van der Waals surface area contributed by atoms with Crippen LogP contribution in [0.15, 0.2) is 12.1 Å². The number of hydrogen-bond acceptors (Lipinski definition) is 3. The second-order valence-corrected chi connectivity index (χ2v) is 5.73. The number of benzene rings is 1. The van der Waals surface area contributed by atoms with E-state index in [0.717, 1.165) is 31.0 Å². The van der Waals surface area contributed by atoms with Crippen molar-refractivity contribution in [3.05, 3.63) is 23.3 Å². The third-order valence-corrected chi connectivity index (χ3v) is 4.16. The van der Waals surface area contributed by atoms with E-state index in [0.29, 0.717) is 13.0 Å². The Kier molecular flexibility index (Phi) is 3.51. The highest BCUT2D eigenvalue weighted by molar-refractivity contribution is 5.56. The lowest BCUT2D eigenvalue weighted by atomic mass is 9.88. The van der Waals surface area contributed by atoms with E-state index in [2.05, 4.69) is 5.32 Å². The predicted molar refractivity (Wildman–Crippen MR) is 71.6 cm³/mol. The van der Waals surface area contributed by atoms with Crippen LogP contribution in [0, 0.1) is 0 Å². The standard InChI is InChI=1S/C15H18F3NO2/c1-14(6-2-7-19-14)10-4-5-11(15(16,17)18)13-12(10)20-8-3-9-21-13/h4-5,19H,2-3,6-9H2,1H3. The molecule has 3 rings (SSSR count). The third-order valence-electron chi connectivity index (χ3n) is 4.16. The Balaban J connectivity index is 2.15. The normalized spacial score (nSPS) is 25.7. The average molecular weight is 301 g/mol. The highest BCUT2D eigenvalue weighted by Gasteiger charge is 2.41. The van der Waals surface area contributed by atoms with E-state index in [-0.39, 0.29) is 23.6 Å². The smallest absolute Gasteiger partial charge is 0.420 e. The van der Waals surface area contributed by atoms with Crippen molar-refractivity contribution in [2.75, 3.05) is 19.8 Å². The van der Waals surface area contributed by atoms with E-state index < -0.39 is 11.7 Å². The second kappa shape index (κ2) is 5.09. The van der Waals surface area contributed by atoms with Gasteiger partial charge in [0, 0.05) is 17.5 Å². The lowest BCUT2D eigenvalue weighted by Crippen LogP contribution is -2.33. The molecule has 1 aromatic rings. The van der Waals surface area contributed by atoms with Crippen molar-refractivity contribution in [1.29, 1.82) is 0 Å². The molecular weight excluding hydrogens is 283 g/mol. The lowest BCUT2D eigenvalue weighted by Gasteiger charge is -2.29. The molecule has 116 valence electrons. The van der Waals surface area contributed by atoms with Crippen molar-refractivity contribution in [2.45, 2.75) is 37.9 Å². The fraction of sp³-hybridized carbons (Fsp3) is 0.600. The zero-order chi connectivity index (χ0) is 15.1. The number of fused-ring (bicyclic) bond motifs is 1. The summed E-state index contributed by atoms with van der Waals surface area (Å²) in [5.74, 6) is 0.0895. The summed E-state index contributed by atoms with van der Waals surface area (Å²) in [6, 6.07) is 2.63. The molecule has 1 atom stereocenters. The summed E-state index contributed by atoms with van der Waals surface area (Å²) >= 11 is 0. The molecule has 2 aliphatic heterocycles. The molecule has 0 aromatic heterocycles. The Morgan fingerprint density at radius 1 is 1.10 bits per heavy atom. The van der Waals surface area contributed by atoms with Gasteiger partial charge in [0.2, 0.25) is 0 Å². The van der Waals surface area contributed by atoms with Crippen LogP contribution in [-0.2, 0) is 11.7 Å². The number of hydrogen-bond donors (Lipinski definition) is 1. The minimum Gasteiger partial charge on any atom is -0.489 e. The zero-order valence-electron chi connectivity index (χ0n) is 11.8. The Morgan fingerprint density at radius 3 is 2.43 bits per heavy atom. The van der Waals surface area contributed by atoms with Crippen molar-refractivity contribution in [2.24, 2.45) is 0 Å². The van der Waals surface area contributed by atoms with E-state index in [1.54, 1.807) is 0 Å². The van der Waals surface area contributed by atoms with Crippen LogP contribution in [0.2, 0.25) is 0 Å². The molecule has 2 aliphatic rings. The summed E-state index contributed by atoms with van der Waals surface area (Å²) in [6.07, 6.45) is -2.00. The van der Waals surface area contributed by atoms with Crippen LogP contribution in [-0.4, -0.2) is 19.8 Å². The summed E-state index contributed by atoms with van der Waals surface area (Å²) in [7, 11) is 0. The van der Waals surface area contributed by atoms with Gasteiger partial charge in [-0.15, -0.1) is 0 Å².